The topological polar surface area (TPSA) is 53.0 Å². The van der Waals surface area contributed by atoms with Crippen LogP contribution < -0.4 is 15.9 Å². The quantitative estimate of drug-likeness (QED) is 0.158. The van der Waals surface area contributed by atoms with Gasteiger partial charge >= 0.3 is 0 Å². The zero-order valence-corrected chi connectivity index (χ0v) is 32.6. The van der Waals surface area contributed by atoms with Crippen molar-refractivity contribution in [3.05, 3.63) is 207 Å². The van der Waals surface area contributed by atoms with Crippen LogP contribution in [-0.4, -0.2) is 14.1 Å². The smallest absolute Gasteiger partial charge is 0.171 e. The average Bonchev–Trinajstić information content (AvgIpc) is 3.96. The van der Waals surface area contributed by atoms with Crippen LogP contribution in [0.25, 0.3) is 88.1 Å². The second kappa shape index (κ2) is 13.0. The van der Waals surface area contributed by atoms with Gasteiger partial charge in [-0.25, -0.2) is 0 Å². The minimum Gasteiger partial charge on any atom is -0.454 e. The number of aromatic nitrogens is 3. The van der Waals surface area contributed by atoms with E-state index < -0.39 is 7.14 Å². The third-order valence-electron chi connectivity index (χ3n) is 11.9. The molecule has 0 fully saturated rings. The highest BCUT2D eigenvalue weighted by atomic mass is 31.2. The van der Waals surface area contributed by atoms with Crippen molar-refractivity contribution in [2.24, 2.45) is 0 Å². The third kappa shape index (κ3) is 5.12. The highest BCUT2D eigenvalue weighted by Crippen LogP contribution is 2.46. The van der Waals surface area contributed by atoms with Crippen LogP contribution in [0.5, 0.6) is 0 Å². The molecule has 278 valence electrons. The molecule has 0 saturated carbocycles. The summed E-state index contributed by atoms with van der Waals surface area (Å²) < 4.78 is 27.5. The molecule has 0 radical (unpaired) electrons. The molecule has 5 nitrogen and oxygen atoms in total. The first-order valence-corrected chi connectivity index (χ1v) is 21.5. The predicted molar refractivity (Wildman–Crippen MR) is 245 cm³/mol. The minimum absolute atomic E-state index is 0.765. The Morgan fingerprint density at radius 1 is 0.390 bits per heavy atom. The van der Waals surface area contributed by atoms with Crippen LogP contribution in [0.3, 0.4) is 0 Å². The number of hydrogen-bond donors (Lipinski definition) is 0. The van der Waals surface area contributed by atoms with Gasteiger partial charge in [-0.3, -0.25) is 4.98 Å². The van der Waals surface area contributed by atoms with Gasteiger partial charge in [0.25, 0.3) is 0 Å². The summed E-state index contributed by atoms with van der Waals surface area (Å²) in [7, 11) is -3.50. The lowest BCUT2D eigenvalue weighted by Gasteiger charge is -2.22. The number of fused-ring (bicyclic) bond motifs is 9. The number of rotatable bonds is 6. The molecule has 4 aromatic heterocycles. The standard InChI is InChI=1S/C53H34N3O2P/c57-59(39-17-11-14-36(30-39)35-12-3-1-4-13-35,40-23-25-50-45(32-40)42-18-7-9-20-48(42)55(50)37-15-5-2-6-16-37)41-24-26-51-46(33-41)43-19-8-10-21-49(43)56(51)38-22-27-52-47(31-38)44-28-29-54-34-53(44)58-52/h1-34H. The molecule has 6 heteroatoms. The monoisotopic (exact) mass is 775 g/mol. The van der Waals surface area contributed by atoms with Crippen molar-refractivity contribution in [3.63, 3.8) is 0 Å². The van der Waals surface area contributed by atoms with Crippen molar-refractivity contribution in [2.45, 2.75) is 0 Å². The molecule has 0 saturated heterocycles. The first-order valence-electron chi connectivity index (χ1n) is 19.8. The largest absolute Gasteiger partial charge is 0.454 e. The molecule has 0 amide bonds. The van der Waals surface area contributed by atoms with Gasteiger partial charge in [-0.1, -0.05) is 103 Å². The van der Waals surface area contributed by atoms with E-state index in [2.05, 4.69) is 160 Å². The Morgan fingerprint density at radius 3 is 1.66 bits per heavy atom. The number of furan rings is 1. The Balaban J connectivity index is 1.11. The summed E-state index contributed by atoms with van der Waals surface area (Å²) in [5, 5.41) is 8.76. The summed E-state index contributed by atoms with van der Waals surface area (Å²) in [6, 6.07) is 67.3. The van der Waals surface area contributed by atoms with Crippen molar-refractivity contribution in [1.29, 1.82) is 0 Å². The van der Waals surface area contributed by atoms with Crippen LogP contribution in [0, 0.1) is 0 Å². The van der Waals surface area contributed by atoms with E-state index in [4.69, 9.17) is 4.42 Å². The third-order valence-corrected chi connectivity index (χ3v) is 14.9. The van der Waals surface area contributed by atoms with E-state index in [1.807, 2.05) is 48.5 Å². The molecule has 0 aliphatic heterocycles. The molecule has 0 N–H and O–H groups in total. The number of pyridine rings is 1. The summed E-state index contributed by atoms with van der Waals surface area (Å²) in [6.45, 7) is 0. The van der Waals surface area contributed by atoms with Gasteiger partial charge in [-0.2, -0.15) is 0 Å². The van der Waals surface area contributed by atoms with Crippen LogP contribution in [0.4, 0.5) is 0 Å². The molecule has 8 aromatic carbocycles. The lowest BCUT2D eigenvalue weighted by atomic mass is 10.1. The van der Waals surface area contributed by atoms with Crippen LogP contribution in [0.15, 0.2) is 211 Å². The van der Waals surface area contributed by atoms with E-state index in [-0.39, 0.29) is 0 Å². The van der Waals surface area contributed by atoms with Crippen molar-refractivity contribution < 1.29 is 8.98 Å². The van der Waals surface area contributed by atoms with Crippen molar-refractivity contribution in [2.75, 3.05) is 0 Å². The van der Waals surface area contributed by atoms with Gasteiger partial charge < -0.3 is 18.1 Å². The summed E-state index contributed by atoms with van der Waals surface area (Å²) in [5.74, 6) is 0. The summed E-state index contributed by atoms with van der Waals surface area (Å²) in [5.41, 5.74) is 10.1. The van der Waals surface area contributed by atoms with E-state index in [9.17, 15) is 0 Å². The zero-order chi connectivity index (χ0) is 39.1. The van der Waals surface area contributed by atoms with Crippen LogP contribution in [0.1, 0.15) is 0 Å². The highest BCUT2D eigenvalue weighted by Gasteiger charge is 2.32. The summed E-state index contributed by atoms with van der Waals surface area (Å²) in [4.78, 5) is 4.27. The second-order valence-corrected chi connectivity index (χ2v) is 17.9. The molecule has 1 unspecified atom stereocenters. The maximum absolute atomic E-state index is 16.7. The molecule has 0 spiro atoms. The Hall–Kier alpha value is -7.46. The van der Waals surface area contributed by atoms with Gasteiger partial charge in [-0.15, -0.1) is 0 Å². The van der Waals surface area contributed by atoms with Gasteiger partial charge in [0.2, 0.25) is 0 Å². The lowest BCUT2D eigenvalue weighted by molar-refractivity contribution is 0.592. The van der Waals surface area contributed by atoms with Crippen LogP contribution >= 0.6 is 7.14 Å². The molecule has 0 bridgehead atoms. The van der Waals surface area contributed by atoms with Crippen molar-refractivity contribution in [3.8, 4) is 22.5 Å². The summed E-state index contributed by atoms with van der Waals surface area (Å²) >= 11 is 0. The maximum atomic E-state index is 16.7. The molecule has 12 rings (SSSR count). The number of nitrogens with zero attached hydrogens (tertiary/aromatic N) is 3. The predicted octanol–water partition coefficient (Wildman–Crippen LogP) is 12.5. The zero-order valence-electron chi connectivity index (χ0n) is 31.7. The van der Waals surface area contributed by atoms with Crippen LogP contribution in [-0.2, 0) is 4.57 Å². The number of benzene rings is 8. The van der Waals surface area contributed by atoms with E-state index in [0.29, 0.717) is 0 Å². The van der Waals surface area contributed by atoms with Crippen molar-refractivity contribution in [1.82, 2.24) is 14.1 Å². The molecular weight excluding hydrogens is 742 g/mol. The Morgan fingerprint density at radius 2 is 0.966 bits per heavy atom. The minimum atomic E-state index is -3.50. The highest BCUT2D eigenvalue weighted by molar-refractivity contribution is 7.85. The van der Waals surface area contributed by atoms with Crippen LogP contribution in [0.2, 0.25) is 0 Å². The average molecular weight is 776 g/mol. The molecule has 0 aliphatic carbocycles. The molecule has 4 heterocycles. The first-order chi connectivity index (χ1) is 29.1. The normalized spacial score (nSPS) is 12.9. The Bertz CT molecular complexity index is 3660. The fourth-order valence-electron chi connectivity index (χ4n) is 9.16. The van der Waals surface area contributed by atoms with E-state index in [1.165, 1.54) is 0 Å². The molecule has 59 heavy (non-hydrogen) atoms. The lowest BCUT2D eigenvalue weighted by Crippen LogP contribution is -2.25. The van der Waals surface area contributed by atoms with Crippen molar-refractivity contribution >= 4 is 88.6 Å². The van der Waals surface area contributed by atoms with Gasteiger partial charge in [0.05, 0.1) is 28.3 Å². The number of para-hydroxylation sites is 3. The fraction of sp³-hybridized carbons (Fsp3) is 0. The van der Waals surface area contributed by atoms with Gasteiger partial charge in [0, 0.05) is 65.8 Å². The first kappa shape index (κ1) is 33.7. The Kier molecular flexibility index (Phi) is 7.44. The second-order valence-electron chi connectivity index (χ2n) is 15.1. The fourth-order valence-corrected chi connectivity index (χ4v) is 11.9. The Labute approximate surface area is 339 Å². The molecule has 0 aliphatic rings. The summed E-state index contributed by atoms with van der Waals surface area (Å²) in [6.07, 6.45) is 3.57. The molecule has 1 atom stereocenters. The van der Waals surface area contributed by atoms with Gasteiger partial charge in [0.15, 0.2) is 12.7 Å². The maximum Gasteiger partial charge on any atom is 0.171 e. The van der Waals surface area contributed by atoms with E-state index in [0.717, 1.165) is 104 Å². The van der Waals surface area contributed by atoms with Gasteiger partial charge in [-0.05, 0) is 102 Å². The molecular formula is C53H34N3O2P. The number of hydrogen-bond acceptors (Lipinski definition) is 3. The van der Waals surface area contributed by atoms with E-state index in [1.54, 1.807) is 12.4 Å². The van der Waals surface area contributed by atoms with E-state index >= 15 is 4.57 Å². The molecule has 12 aromatic rings. The van der Waals surface area contributed by atoms with Gasteiger partial charge in [0.1, 0.15) is 5.58 Å². The SMILES string of the molecule is O=P(c1cccc(-c2ccccc2)c1)(c1ccc2c(c1)c1ccccc1n2-c1ccccc1)c1ccc2c(c1)c1ccccc1n2-c1ccc2oc3cnccc3c2c1.